The van der Waals surface area contributed by atoms with Crippen LogP contribution in [-0.2, 0) is 14.3 Å². The molecule has 1 unspecified atom stereocenters. The number of hydrogen-bond donors (Lipinski definition) is 2. The first-order valence-electron chi connectivity index (χ1n) is 12.4. The summed E-state index contributed by atoms with van der Waals surface area (Å²) in [6.45, 7) is 6.41. The van der Waals surface area contributed by atoms with Gasteiger partial charge in [-0.15, -0.1) is 0 Å². The van der Waals surface area contributed by atoms with Crippen LogP contribution in [0.4, 0.5) is 4.79 Å². The molecule has 3 fully saturated rings. The largest absolute Gasteiger partial charge is 0.479 e. The van der Waals surface area contributed by atoms with Gasteiger partial charge in [-0.05, 0) is 46.4 Å². The van der Waals surface area contributed by atoms with E-state index in [1.54, 1.807) is 0 Å². The summed E-state index contributed by atoms with van der Waals surface area (Å²) in [5, 5.41) is 12.6. The van der Waals surface area contributed by atoms with E-state index in [-0.39, 0.29) is 29.8 Å². The highest BCUT2D eigenvalue weighted by Gasteiger charge is 2.69. The van der Waals surface area contributed by atoms with E-state index in [1.165, 1.54) is 4.90 Å². The predicted octanol–water partition coefficient (Wildman–Crippen LogP) is 4.41. The molecule has 2 bridgehead atoms. The van der Waals surface area contributed by atoms with Crippen molar-refractivity contribution >= 4 is 18.0 Å². The summed E-state index contributed by atoms with van der Waals surface area (Å²) in [6.07, 6.45) is 0.914. The Morgan fingerprint density at radius 1 is 1.09 bits per heavy atom. The molecule has 0 spiro atoms. The fourth-order valence-corrected chi connectivity index (χ4v) is 6.37. The van der Waals surface area contributed by atoms with Crippen LogP contribution in [0.25, 0.3) is 11.1 Å². The zero-order chi connectivity index (χ0) is 25.0. The van der Waals surface area contributed by atoms with Crippen molar-refractivity contribution in [3.05, 3.63) is 59.7 Å². The molecule has 2 aromatic rings. The molecule has 7 heteroatoms. The van der Waals surface area contributed by atoms with Crippen molar-refractivity contribution in [1.29, 1.82) is 0 Å². The van der Waals surface area contributed by atoms with E-state index in [0.717, 1.165) is 22.3 Å². The molecule has 2 aromatic carbocycles. The molecule has 0 aromatic heterocycles. The van der Waals surface area contributed by atoms with E-state index in [1.807, 2.05) is 45.0 Å². The number of fused-ring (bicyclic) bond motifs is 4. The first kappa shape index (κ1) is 23.4. The zero-order valence-corrected chi connectivity index (χ0v) is 20.4. The molecule has 2 heterocycles. The highest BCUT2D eigenvalue weighted by atomic mass is 16.5. The fraction of sp³-hybridized carbons (Fsp3) is 0.464. The Labute approximate surface area is 205 Å². The molecule has 35 heavy (non-hydrogen) atoms. The first-order chi connectivity index (χ1) is 16.7. The maximum atomic E-state index is 13.6. The van der Waals surface area contributed by atoms with Crippen LogP contribution in [0, 0.1) is 11.3 Å². The van der Waals surface area contributed by atoms with Crippen molar-refractivity contribution in [2.45, 2.75) is 57.5 Å². The summed E-state index contributed by atoms with van der Waals surface area (Å²) < 4.78 is 5.67. The number of carboxylic acids is 1. The van der Waals surface area contributed by atoms with Crippen molar-refractivity contribution in [1.82, 2.24) is 10.2 Å². The van der Waals surface area contributed by atoms with Gasteiger partial charge < -0.3 is 20.1 Å². The quantitative estimate of drug-likeness (QED) is 0.617. The van der Waals surface area contributed by atoms with Gasteiger partial charge in [-0.3, -0.25) is 4.79 Å². The number of hydrogen-bond acceptors (Lipinski definition) is 4. The van der Waals surface area contributed by atoms with Crippen molar-refractivity contribution < 1.29 is 24.2 Å². The highest BCUT2D eigenvalue weighted by molar-refractivity contribution is 5.93. The Bertz CT molecular complexity index is 1140. The fourth-order valence-electron chi connectivity index (χ4n) is 6.37. The Morgan fingerprint density at radius 3 is 2.20 bits per heavy atom. The monoisotopic (exact) mass is 476 g/mol. The minimum Gasteiger partial charge on any atom is -0.479 e. The Morgan fingerprint density at radius 2 is 1.66 bits per heavy atom. The summed E-state index contributed by atoms with van der Waals surface area (Å²) in [5.74, 6) is -1.55. The molecule has 2 aliphatic heterocycles. The summed E-state index contributed by atoms with van der Waals surface area (Å²) in [4.78, 5) is 40.0. The molecule has 2 aliphatic carbocycles. The molecule has 184 valence electrons. The molecule has 4 aliphatic rings. The average Bonchev–Trinajstić information content (AvgIpc) is 3.44. The number of benzene rings is 2. The van der Waals surface area contributed by atoms with Gasteiger partial charge in [0.25, 0.3) is 0 Å². The number of carboxylic acid groups (broad SMARTS) is 1. The summed E-state index contributed by atoms with van der Waals surface area (Å²) >= 11 is 0. The number of rotatable bonds is 7. The SMILES string of the molecule is CCC(C)[C@H](NC(=O)OCC1c2ccccc2-c2ccccc21)C(=O)N1CC2(C)CC1(C(=O)O)C2. The lowest BCUT2D eigenvalue weighted by Crippen LogP contribution is -2.60. The minimum absolute atomic E-state index is 0.0769. The van der Waals surface area contributed by atoms with Crippen LogP contribution in [0.15, 0.2) is 48.5 Å². The second-order valence-electron chi connectivity index (χ2n) is 10.8. The van der Waals surface area contributed by atoms with Gasteiger partial charge >= 0.3 is 12.1 Å². The molecule has 7 nitrogen and oxygen atoms in total. The van der Waals surface area contributed by atoms with Crippen LogP contribution >= 0.6 is 0 Å². The van der Waals surface area contributed by atoms with Crippen LogP contribution in [0.1, 0.15) is 57.1 Å². The summed E-state index contributed by atoms with van der Waals surface area (Å²) in [7, 11) is 0. The molecule has 2 N–H and O–H groups in total. The number of carbonyl (C=O) groups is 3. The van der Waals surface area contributed by atoms with Crippen LogP contribution < -0.4 is 5.32 Å². The minimum atomic E-state index is -1.15. The highest BCUT2D eigenvalue weighted by Crippen LogP contribution is 2.59. The predicted molar refractivity (Wildman–Crippen MR) is 131 cm³/mol. The van der Waals surface area contributed by atoms with Crippen molar-refractivity contribution in [2.75, 3.05) is 13.2 Å². The lowest BCUT2D eigenvalue weighted by atomic mass is 9.63. The number of carbonyl (C=O) groups excluding carboxylic acids is 2. The number of nitrogens with zero attached hydrogens (tertiary/aromatic N) is 1. The number of nitrogens with one attached hydrogen (secondary N) is 1. The van der Waals surface area contributed by atoms with Gasteiger partial charge in [0, 0.05) is 12.5 Å². The van der Waals surface area contributed by atoms with Gasteiger partial charge in [-0.1, -0.05) is 75.7 Å². The molecular weight excluding hydrogens is 444 g/mol. The normalized spacial score (nSPS) is 25.7. The molecule has 1 saturated carbocycles. The maximum Gasteiger partial charge on any atom is 0.407 e. The second-order valence-corrected chi connectivity index (χ2v) is 10.8. The van der Waals surface area contributed by atoms with E-state index in [4.69, 9.17) is 4.74 Å². The molecule has 6 rings (SSSR count). The van der Waals surface area contributed by atoms with Crippen LogP contribution in [0.3, 0.4) is 0 Å². The summed E-state index contributed by atoms with van der Waals surface area (Å²) in [6, 6.07) is 15.4. The van der Waals surface area contributed by atoms with E-state index < -0.39 is 23.6 Å². The van der Waals surface area contributed by atoms with Crippen molar-refractivity contribution in [3.8, 4) is 11.1 Å². The standard InChI is InChI=1S/C28H32N2O5/c1-4-17(2)23(24(31)30-16-27(3)14-28(30,15-27)25(32)33)29-26(34)35-13-22-20-11-7-5-9-18(20)19-10-6-8-12-21(19)22/h5-12,17,22-23H,4,13-16H2,1-3H3,(H,29,34)(H,32,33)/t17?,23-,27?,28?/m0/s1. The average molecular weight is 477 g/mol. The van der Waals surface area contributed by atoms with Gasteiger partial charge in [-0.25, -0.2) is 9.59 Å². The van der Waals surface area contributed by atoms with Crippen LogP contribution in [-0.4, -0.2) is 52.7 Å². The molecule has 2 amide bonds. The Hall–Kier alpha value is -3.35. The lowest BCUT2D eigenvalue weighted by molar-refractivity contribution is -0.161. The van der Waals surface area contributed by atoms with Gasteiger partial charge in [0.05, 0.1) is 0 Å². The molecular formula is C28H32N2O5. The van der Waals surface area contributed by atoms with E-state index >= 15 is 0 Å². The Balaban J connectivity index is 1.30. The number of aliphatic carboxylic acids is 1. The third-order valence-corrected chi connectivity index (χ3v) is 8.26. The lowest BCUT2D eigenvalue weighted by Gasteiger charge is -2.43. The van der Waals surface area contributed by atoms with Gasteiger partial charge in [0.15, 0.2) is 0 Å². The van der Waals surface area contributed by atoms with E-state index in [0.29, 0.717) is 25.8 Å². The van der Waals surface area contributed by atoms with E-state index in [9.17, 15) is 19.5 Å². The van der Waals surface area contributed by atoms with Gasteiger partial charge in [0.2, 0.25) is 5.91 Å². The maximum absolute atomic E-state index is 13.6. The van der Waals surface area contributed by atoms with Crippen LogP contribution in [0.2, 0.25) is 0 Å². The molecule has 2 atom stereocenters. The van der Waals surface area contributed by atoms with Crippen molar-refractivity contribution in [3.63, 3.8) is 0 Å². The third-order valence-electron chi connectivity index (χ3n) is 8.26. The second kappa shape index (κ2) is 8.40. The smallest absolute Gasteiger partial charge is 0.407 e. The third kappa shape index (κ3) is 3.68. The molecule has 2 saturated heterocycles. The van der Waals surface area contributed by atoms with E-state index in [2.05, 4.69) is 29.6 Å². The topological polar surface area (TPSA) is 95.9 Å². The summed E-state index contributed by atoms with van der Waals surface area (Å²) in [5.41, 5.74) is 3.20. The number of ether oxygens (including phenoxy) is 1. The van der Waals surface area contributed by atoms with Crippen LogP contribution in [0.5, 0.6) is 0 Å². The first-order valence-corrected chi connectivity index (χ1v) is 12.4. The van der Waals surface area contributed by atoms with Gasteiger partial charge in [-0.2, -0.15) is 0 Å². The van der Waals surface area contributed by atoms with Crippen molar-refractivity contribution in [2.24, 2.45) is 11.3 Å². The van der Waals surface area contributed by atoms with Gasteiger partial charge in [0.1, 0.15) is 18.2 Å². The zero-order valence-electron chi connectivity index (χ0n) is 20.4. The number of alkyl carbamates (subject to hydrolysis) is 1. The number of amides is 2. The molecule has 0 radical (unpaired) electrons. The Kier molecular flexibility index (Phi) is 5.61.